The second-order valence-corrected chi connectivity index (χ2v) is 10.0. The molecule has 3 heterocycles. The highest BCUT2D eigenvalue weighted by Crippen LogP contribution is 2.32. The number of hydrogen-bond donors (Lipinski definition) is 3. The van der Waals surface area contributed by atoms with E-state index in [0.29, 0.717) is 28.8 Å². The molecule has 164 valence electrons. The molecule has 31 heavy (non-hydrogen) atoms. The van der Waals surface area contributed by atoms with Crippen LogP contribution in [-0.4, -0.2) is 67.2 Å². The molecule has 11 heteroatoms. The fourth-order valence-electron chi connectivity index (χ4n) is 3.77. The molecule has 1 aliphatic carbocycles. The summed E-state index contributed by atoms with van der Waals surface area (Å²) in [4.78, 5) is 11.3. The first-order chi connectivity index (χ1) is 14.9. The van der Waals surface area contributed by atoms with Gasteiger partial charge in [-0.05, 0) is 43.5 Å². The van der Waals surface area contributed by atoms with Gasteiger partial charge in [0.2, 0.25) is 5.95 Å². The molecule has 2 aromatic heterocycles. The molecule has 0 radical (unpaired) electrons. The van der Waals surface area contributed by atoms with Crippen molar-refractivity contribution in [2.24, 2.45) is 0 Å². The molecular weight excluding hydrogens is 418 g/mol. The van der Waals surface area contributed by atoms with E-state index < -0.39 is 9.84 Å². The van der Waals surface area contributed by atoms with Crippen molar-refractivity contribution in [2.45, 2.75) is 30.8 Å². The number of ether oxygens (including phenoxy) is 1. The summed E-state index contributed by atoms with van der Waals surface area (Å²) in [6.45, 7) is 5.31. The quantitative estimate of drug-likeness (QED) is 0.526. The minimum Gasteiger partial charge on any atom is -0.378 e. The molecule has 0 bridgehead atoms. The molecule has 3 N–H and O–H groups in total. The van der Waals surface area contributed by atoms with Crippen LogP contribution in [0, 0.1) is 6.92 Å². The number of H-pyrrole nitrogens is 1. The van der Waals surface area contributed by atoms with Gasteiger partial charge in [0, 0.05) is 36.8 Å². The Bertz CT molecular complexity index is 1230. The molecule has 5 rings (SSSR count). The Hall–Kier alpha value is -2.92. The van der Waals surface area contributed by atoms with Crippen LogP contribution in [0.4, 0.5) is 23.1 Å². The molecule has 1 aliphatic heterocycles. The first-order valence-electron chi connectivity index (χ1n) is 10.3. The van der Waals surface area contributed by atoms with E-state index in [1.165, 1.54) is 5.69 Å². The van der Waals surface area contributed by atoms with Gasteiger partial charge >= 0.3 is 0 Å². The molecule has 0 unspecified atom stereocenters. The van der Waals surface area contributed by atoms with Gasteiger partial charge in [-0.15, -0.1) is 0 Å². The number of benzene rings is 1. The largest absolute Gasteiger partial charge is 0.378 e. The Kier molecular flexibility index (Phi) is 4.94. The number of morpholine rings is 1. The SMILES string of the molecule is Cc1cc(Nc2nc(NC3CC3)c3c(S(C)(=O)=O)[nH]nc3n2)ccc1N1CCOCC1. The highest BCUT2D eigenvalue weighted by molar-refractivity contribution is 7.90. The van der Waals surface area contributed by atoms with Crippen molar-refractivity contribution in [2.75, 3.05) is 48.1 Å². The number of hydrogen-bond acceptors (Lipinski definition) is 9. The molecule has 1 saturated carbocycles. The third-order valence-electron chi connectivity index (χ3n) is 5.47. The summed E-state index contributed by atoms with van der Waals surface area (Å²) >= 11 is 0. The van der Waals surface area contributed by atoms with Crippen LogP contribution in [0.2, 0.25) is 0 Å². The zero-order valence-corrected chi connectivity index (χ0v) is 18.3. The minimum atomic E-state index is -3.49. The van der Waals surface area contributed by atoms with Crippen molar-refractivity contribution < 1.29 is 13.2 Å². The standard InChI is InChI=1S/C20H25N7O3S/c1-12-11-14(5-6-15(12)27-7-9-30-10-8-27)22-20-23-17(21-13-3-4-13)16-18(24-20)25-26-19(16)31(2,28)29/h5-6,11,13H,3-4,7-10H2,1-2H3,(H3,21,22,23,24,25,26). The van der Waals surface area contributed by atoms with Crippen molar-refractivity contribution in [3.05, 3.63) is 23.8 Å². The lowest BCUT2D eigenvalue weighted by atomic mass is 10.1. The summed E-state index contributed by atoms with van der Waals surface area (Å²) in [5.41, 5.74) is 3.49. The maximum absolute atomic E-state index is 12.2. The third kappa shape index (κ3) is 4.15. The van der Waals surface area contributed by atoms with Crippen molar-refractivity contribution in [1.82, 2.24) is 20.2 Å². The van der Waals surface area contributed by atoms with E-state index in [4.69, 9.17) is 4.74 Å². The number of nitrogens with one attached hydrogen (secondary N) is 3. The summed E-state index contributed by atoms with van der Waals surface area (Å²) in [5, 5.41) is 13.7. The maximum Gasteiger partial charge on any atom is 0.231 e. The second kappa shape index (κ2) is 7.65. The van der Waals surface area contributed by atoms with Crippen LogP contribution in [0.3, 0.4) is 0 Å². The Labute approximate surface area is 180 Å². The molecule has 3 aromatic rings. The van der Waals surface area contributed by atoms with E-state index in [-0.39, 0.29) is 5.03 Å². The van der Waals surface area contributed by atoms with E-state index in [9.17, 15) is 8.42 Å². The topological polar surface area (TPSA) is 125 Å². The fraction of sp³-hybridized carbons (Fsp3) is 0.450. The second-order valence-electron chi connectivity index (χ2n) is 8.06. The number of rotatable bonds is 6. The molecule has 0 spiro atoms. The normalized spacial score (nSPS) is 17.2. The van der Waals surface area contributed by atoms with Crippen LogP contribution in [0.25, 0.3) is 11.0 Å². The number of fused-ring (bicyclic) bond motifs is 1. The van der Waals surface area contributed by atoms with Crippen LogP contribution in [0.15, 0.2) is 23.2 Å². The van der Waals surface area contributed by atoms with Crippen molar-refractivity contribution in [1.29, 1.82) is 0 Å². The number of aromatic amines is 1. The van der Waals surface area contributed by atoms with Crippen molar-refractivity contribution in [3.8, 4) is 0 Å². The van der Waals surface area contributed by atoms with E-state index in [2.05, 4.69) is 54.8 Å². The van der Waals surface area contributed by atoms with Gasteiger partial charge in [-0.2, -0.15) is 15.1 Å². The summed E-state index contributed by atoms with van der Waals surface area (Å²) in [6, 6.07) is 6.43. The number of anilines is 4. The molecule has 2 fully saturated rings. The van der Waals surface area contributed by atoms with Gasteiger partial charge in [0.05, 0.1) is 13.2 Å². The van der Waals surface area contributed by atoms with Crippen LogP contribution < -0.4 is 15.5 Å². The molecular formula is C20H25N7O3S. The lowest BCUT2D eigenvalue weighted by Crippen LogP contribution is -2.36. The highest BCUT2D eigenvalue weighted by atomic mass is 32.2. The minimum absolute atomic E-state index is 0.0305. The number of aryl methyl sites for hydroxylation is 1. The molecule has 1 saturated heterocycles. The molecule has 0 atom stereocenters. The average molecular weight is 444 g/mol. The van der Waals surface area contributed by atoms with Gasteiger partial charge in [-0.25, -0.2) is 8.42 Å². The van der Waals surface area contributed by atoms with Crippen LogP contribution in [-0.2, 0) is 14.6 Å². The van der Waals surface area contributed by atoms with Crippen LogP contribution >= 0.6 is 0 Å². The Morgan fingerprint density at radius 3 is 2.65 bits per heavy atom. The monoisotopic (exact) mass is 443 g/mol. The van der Waals surface area contributed by atoms with Crippen molar-refractivity contribution in [3.63, 3.8) is 0 Å². The first kappa shape index (κ1) is 20.0. The molecule has 10 nitrogen and oxygen atoms in total. The average Bonchev–Trinajstić information content (AvgIpc) is 3.42. The number of sulfone groups is 1. The summed E-state index contributed by atoms with van der Waals surface area (Å²) in [5.74, 6) is 0.839. The predicted octanol–water partition coefficient (Wildman–Crippen LogP) is 2.22. The van der Waals surface area contributed by atoms with E-state index >= 15 is 0 Å². The van der Waals surface area contributed by atoms with Crippen LogP contribution in [0.5, 0.6) is 0 Å². The zero-order chi connectivity index (χ0) is 21.6. The van der Waals surface area contributed by atoms with Gasteiger partial charge in [0.1, 0.15) is 11.2 Å². The zero-order valence-electron chi connectivity index (χ0n) is 17.5. The van der Waals surface area contributed by atoms with Crippen molar-refractivity contribution >= 4 is 44.0 Å². The fourth-order valence-corrected chi connectivity index (χ4v) is 4.54. The highest BCUT2D eigenvalue weighted by Gasteiger charge is 2.27. The smallest absolute Gasteiger partial charge is 0.231 e. The summed E-state index contributed by atoms with van der Waals surface area (Å²) < 4.78 is 29.8. The lowest BCUT2D eigenvalue weighted by Gasteiger charge is -2.30. The molecule has 0 amide bonds. The molecule has 1 aromatic carbocycles. The van der Waals surface area contributed by atoms with E-state index in [0.717, 1.165) is 56.7 Å². The van der Waals surface area contributed by atoms with Gasteiger partial charge in [-0.3, -0.25) is 5.10 Å². The van der Waals surface area contributed by atoms with E-state index in [1.807, 2.05) is 6.07 Å². The Morgan fingerprint density at radius 2 is 1.97 bits per heavy atom. The van der Waals surface area contributed by atoms with Gasteiger partial charge in [0.25, 0.3) is 0 Å². The van der Waals surface area contributed by atoms with Crippen LogP contribution in [0.1, 0.15) is 18.4 Å². The maximum atomic E-state index is 12.2. The summed E-state index contributed by atoms with van der Waals surface area (Å²) in [6.07, 6.45) is 3.21. The number of aromatic nitrogens is 4. The number of nitrogens with zero attached hydrogens (tertiary/aromatic N) is 4. The van der Waals surface area contributed by atoms with Gasteiger partial charge in [0.15, 0.2) is 20.5 Å². The van der Waals surface area contributed by atoms with Gasteiger partial charge < -0.3 is 20.3 Å². The molecule has 2 aliphatic rings. The Morgan fingerprint density at radius 1 is 1.19 bits per heavy atom. The van der Waals surface area contributed by atoms with E-state index in [1.54, 1.807) is 0 Å². The third-order valence-corrected chi connectivity index (χ3v) is 6.51. The first-order valence-corrected chi connectivity index (χ1v) is 12.2. The Balaban J connectivity index is 1.47. The summed E-state index contributed by atoms with van der Waals surface area (Å²) in [7, 11) is -3.49. The van der Waals surface area contributed by atoms with Gasteiger partial charge in [-0.1, -0.05) is 0 Å². The predicted molar refractivity (Wildman–Crippen MR) is 119 cm³/mol. The lowest BCUT2D eigenvalue weighted by molar-refractivity contribution is 0.122.